The molecule has 0 radical (unpaired) electrons. The van der Waals surface area contributed by atoms with Crippen molar-refractivity contribution >= 4 is 44.6 Å². The Kier molecular flexibility index (Phi) is 5.98. The highest BCUT2D eigenvalue weighted by atomic mass is 32.2. The second-order valence-electron chi connectivity index (χ2n) is 9.58. The average Bonchev–Trinajstić information content (AvgIpc) is 3.46. The first-order valence-corrected chi connectivity index (χ1v) is 13.6. The predicted octanol–water partition coefficient (Wildman–Crippen LogP) is 2.42. The predicted molar refractivity (Wildman–Crippen MR) is 130 cm³/mol. The van der Waals surface area contributed by atoms with Crippen LogP contribution in [0.15, 0.2) is 33.0 Å². The molecule has 13 heteroatoms. The van der Waals surface area contributed by atoms with E-state index in [0.717, 1.165) is 6.42 Å². The number of nitrogens with one attached hydrogen (secondary N) is 1. The number of ether oxygens (including phenoxy) is 1. The summed E-state index contributed by atoms with van der Waals surface area (Å²) in [6, 6.07) is 3.35. The topological polar surface area (TPSA) is 138 Å². The number of hydrogen-bond acceptors (Lipinski definition) is 10. The number of fused-ring (bicyclic) bond motifs is 3. The van der Waals surface area contributed by atoms with Gasteiger partial charge in [-0.1, -0.05) is 0 Å². The Bertz CT molecular complexity index is 1340. The Morgan fingerprint density at radius 3 is 2.69 bits per heavy atom. The number of piperidine rings is 1. The van der Waals surface area contributed by atoms with Crippen LogP contribution in [-0.2, 0) is 14.8 Å². The fourth-order valence-electron chi connectivity index (χ4n) is 4.49. The van der Waals surface area contributed by atoms with Crippen molar-refractivity contribution in [2.75, 3.05) is 31.1 Å². The molecule has 188 valence electrons. The molecule has 2 bridgehead atoms. The molecule has 3 aromatic rings. The number of sulfonamides is 1. The van der Waals surface area contributed by atoms with Crippen LogP contribution in [0.25, 0.3) is 21.7 Å². The van der Waals surface area contributed by atoms with Crippen LogP contribution in [0.5, 0.6) is 0 Å². The second kappa shape index (κ2) is 8.73. The number of amides is 1. The van der Waals surface area contributed by atoms with Crippen LogP contribution in [-0.4, -0.2) is 78.4 Å². The first kappa shape index (κ1) is 24.0. The molecule has 2 atom stereocenters. The van der Waals surface area contributed by atoms with Gasteiger partial charge in [-0.3, -0.25) is 4.90 Å². The summed E-state index contributed by atoms with van der Waals surface area (Å²) < 4.78 is 39.8. The fourth-order valence-corrected chi connectivity index (χ4v) is 6.30. The van der Waals surface area contributed by atoms with Crippen LogP contribution in [0.4, 0.5) is 10.8 Å². The van der Waals surface area contributed by atoms with E-state index in [0.29, 0.717) is 35.3 Å². The molecule has 1 amide bonds. The van der Waals surface area contributed by atoms with E-state index in [2.05, 4.69) is 14.7 Å². The number of thiazole rings is 1. The highest BCUT2D eigenvalue weighted by Gasteiger charge is 2.49. The number of piperazine rings is 1. The zero-order chi connectivity index (χ0) is 25.0. The SMILES string of the molecule is CC(C)(C)OC(=O)N1C2CC1CN(c1nc3c(S(=O)(=O)NCCO)ccc(-c4nccs4)c3o1)C2. The van der Waals surface area contributed by atoms with Crippen molar-refractivity contribution in [1.29, 1.82) is 0 Å². The van der Waals surface area contributed by atoms with Crippen LogP contribution in [0.1, 0.15) is 27.2 Å². The van der Waals surface area contributed by atoms with Crippen LogP contribution in [0.2, 0.25) is 0 Å². The molecule has 2 N–H and O–H groups in total. The minimum Gasteiger partial charge on any atom is -0.444 e. The molecule has 6 rings (SSSR count). The number of benzene rings is 1. The first-order chi connectivity index (χ1) is 16.6. The van der Waals surface area contributed by atoms with Gasteiger partial charge in [0.25, 0.3) is 6.01 Å². The molecule has 3 aliphatic heterocycles. The lowest BCUT2D eigenvalue weighted by atomic mass is 9.88. The molecule has 5 heterocycles. The molecule has 3 fully saturated rings. The van der Waals surface area contributed by atoms with Gasteiger partial charge in [-0.2, -0.15) is 4.98 Å². The van der Waals surface area contributed by atoms with Gasteiger partial charge < -0.3 is 19.2 Å². The van der Waals surface area contributed by atoms with Crippen molar-refractivity contribution in [2.45, 2.75) is 49.8 Å². The van der Waals surface area contributed by atoms with Crippen molar-refractivity contribution < 1.29 is 27.5 Å². The zero-order valence-electron chi connectivity index (χ0n) is 19.6. The van der Waals surface area contributed by atoms with E-state index >= 15 is 0 Å². The van der Waals surface area contributed by atoms with Crippen LogP contribution >= 0.6 is 11.3 Å². The van der Waals surface area contributed by atoms with Crippen molar-refractivity contribution in [1.82, 2.24) is 19.6 Å². The Morgan fingerprint density at radius 2 is 2.06 bits per heavy atom. The fraction of sp³-hybridized carbons (Fsp3) is 0.500. The molecule has 35 heavy (non-hydrogen) atoms. The maximum absolute atomic E-state index is 12.9. The molecule has 2 unspecified atom stereocenters. The Morgan fingerprint density at radius 1 is 1.31 bits per heavy atom. The number of carbonyl (C=O) groups is 1. The number of anilines is 1. The maximum atomic E-state index is 12.9. The normalized spacial score (nSPS) is 20.2. The molecule has 3 aliphatic rings. The second-order valence-corrected chi connectivity index (χ2v) is 12.2. The summed E-state index contributed by atoms with van der Waals surface area (Å²) in [5.74, 6) is 0. The maximum Gasteiger partial charge on any atom is 0.410 e. The number of aliphatic hydroxyl groups is 1. The summed E-state index contributed by atoms with van der Waals surface area (Å²) in [6.45, 7) is 6.08. The summed E-state index contributed by atoms with van der Waals surface area (Å²) >= 11 is 1.41. The van der Waals surface area contributed by atoms with Gasteiger partial charge in [0.15, 0.2) is 5.58 Å². The molecule has 0 aliphatic carbocycles. The molecule has 1 aromatic carbocycles. The van der Waals surface area contributed by atoms with Gasteiger partial charge >= 0.3 is 6.09 Å². The van der Waals surface area contributed by atoms with Crippen LogP contribution in [0.3, 0.4) is 0 Å². The Balaban J connectivity index is 1.48. The number of nitrogens with zero attached hydrogens (tertiary/aromatic N) is 4. The largest absolute Gasteiger partial charge is 0.444 e. The lowest BCUT2D eigenvalue weighted by Gasteiger charge is -2.55. The lowest BCUT2D eigenvalue weighted by Crippen LogP contribution is -2.70. The minimum atomic E-state index is -3.93. The van der Waals surface area contributed by atoms with Crippen molar-refractivity contribution in [3.05, 3.63) is 23.7 Å². The molecule has 11 nitrogen and oxygen atoms in total. The van der Waals surface area contributed by atoms with E-state index in [4.69, 9.17) is 14.3 Å². The highest BCUT2D eigenvalue weighted by molar-refractivity contribution is 7.89. The van der Waals surface area contributed by atoms with Gasteiger partial charge in [0.2, 0.25) is 10.0 Å². The number of hydrogen-bond donors (Lipinski definition) is 2. The third-order valence-corrected chi connectivity index (χ3v) is 8.22. The van der Waals surface area contributed by atoms with E-state index in [1.165, 1.54) is 17.4 Å². The van der Waals surface area contributed by atoms with E-state index in [1.54, 1.807) is 17.2 Å². The van der Waals surface area contributed by atoms with E-state index in [9.17, 15) is 13.2 Å². The number of oxazole rings is 1. The van der Waals surface area contributed by atoms with Gasteiger partial charge in [0, 0.05) is 31.2 Å². The van der Waals surface area contributed by atoms with E-state index in [1.807, 2.05) is 31.1 Å². The lowest BCUT2D eigenvalue weighted by molar-refractivity contribution is -0.0386. The zero-order valence-corrected chi connectivity index (χ0v) is 21.2. The van der Waals surface area contributed by atoms with Crippen molar-refractivity contribution in [3.63, 3.8) is 0 Å². The summed E-state index contributed by atoms with van der Waals surface area (Å²) in [6.07, 6.45) is 2.20. The summed E-state index contributed by atoms with van der Waals surface area (Å²) in [4.78, 5) is 25.2. The number of carbonyl (C=O) groups excluding carboxylic acids is 1. The van der Waals surface area contributed by atoms with Gasteiger partial charge in [-0.05, 0) is 39.3 Å². The van der Waals surface area contributed by atoms with E-state index < -0.39 is 15.6 Å². The van der Waals surface area contributed by atoms with E-state index in [-0.39, 0.29) is 41.7 Å². The number of rotatable bonds is 6. The van der Waals surface area contributed by atoms with Crippen molar-refractivity contribution in [2.24, 2.45) is 0 Å². The molecule has 0 saturated carbocycles. The highest BCUT2D eigenvalue weighted by Crippen LogP contribution is 2.39. The molecule has 0 spiro atoms. The third-order valence-electron chi connectivity index (χ3n) is 5.92. The molecule has 3 saturated heterocycles. The number of aromatic nitrogens is 2. The van der Waals surface area contributed by atoms with Gasteiger partial charge in [-0.15, -0.1) is 11.3 Å². The minimum absolute atomic E-state index is 0.0335. The Hall–Kier alpha value is -2.74. The van der Waals surface area contributed by atoms with Crippen molar-refractivity contribution in [3.8, 4) is 10.6 Å². The molecular formula is C22H27N5O6S2. The van der Waals surface area contributed by atoms with Gasteiger partial charge in [0.05, 0.1) is 24.3 Å². The Labute approximate surface area is 206 Å². The molecular weight excluding hydrogens is 494 g/mol. The van der Waals surface area contributed by atoms with Gasteiger partial charge in [0.1, 0.15) is 21.0 Å². The molecule has 2 aromatic heterocycles. The van der Waals surface area contributed by atoms with Crippen LogP contribution < -0.4 is 9.62 Å². The third kappa shape index (κ3) is 4.48. The van der Waals surface area contributed by atoms with Crippen LogP contribution in [0, 0.1) is 0 Å². The quantitative estimate of drug-likeness (QED) is 0.501. The summed E-state index contributed by atoms with van der Waals surface area (Å²) in [5, 5.41) is 11.6. The first-order valence-electron chi connectivity index (χ1n) is 11.3. The smallest absolute Gasteiger partial charge is 0.410 e. The van der Waals surface area contributed by atoms with Gasteiger partial charge in [-0.25, -0.2) is 22.9 Å². The monoisotopic (exact) mass is 521 g/mol. The average molecular weight is 522 g/mol. The summed E-state index contributed by atoms with van der Waals surface area (Å²) in [5.41, 5.74) is 0.595. The standard InChI is InChI=1S/C22H27N5O6S2/c1-22(2,3)33-21(29)27-13-10-14(27)12-26(11-13)20-25-17-16(35(30,31)24-6-8-28)5-4-15(18(17)32-20)19-23-7-9-34-19/h4-5,7,9,13-14,24,28H,6,8,10-12H2,1-3H3. The summed E-state index contributed by atoms with van der Waals surface area (Å²) in [7, 11) is -3.93. The number of aliphatic hydroxyl groups excluding tert-OH is 1.